The van der Waals surface area contributed by atoms with E-state index in [1.165, 1.54) is 24.0 Å². The lowest BCUT2D eigenvalue weighted by atomic mass is 9.92. The molecule has 1 atom stereocenters. The van der Waals surface area contributed by atoms with Gasteiger partial charge in [-0.1, -0.05) is 19.1 Å². The summed E-state index contributed by atoms with van der Waals surface area (Å²) in [5, 5.41) is 2.84. The molecule has 0 saturated heterocycles. The van der Waals surface area contributed by atoms with Crippen LogP contribution in [-0.2, 0) is 22.4 Å². The number of esters is 1. The number of fused-ring (bicyclic) bond motifs is 1. The number of benzene rings is 2. The van der Waals surface area contributed by atoms with Gasteiger partial charge in [-0.2, -0.15) is 0 Å². The molecule has 1 aliphatic carbocycles. The van der Waals surface area contributed by atoms with Crippen molar-refractivity contribution in [2.75, 3.05) is 11.9 Å². The molecule has 0 unspecified atom stereocenters. The average molecular weight is 381 g/mol. The SMILES string of the molecule is CCOC(=O)c1cccc(NC(=O)[C@@H](CC)Oc2ccc3c(c2)CCCC3)c1. The molecule has 0 spiro atoms. The van der Waals surface area contributed by atoms with Crippen LogP contribution in [0.2, 0.25) is 0 Å². The highest BCUT2D eigenvalue weighted by molar-refractivity contribution is 5.96. The molecule has 0 aliphatic heterocycles. The largest absolute Gasteiger partial charge is 0.481 e. The highest BCUT2D eigenvalue weighted by atomic mass is 16.5. The zero-order valence-corrected chi connectivity index (χ0v) is 16.5. The third-order valence-corrected chi connectivity index (χ3v) is 4.90. The zero-order valence-electron chi connectivity index (χ0n) is 16.5. The van der Waals surface area contributed by atoms with Crippen LogP contribution in [0.5, 0.6) is 5.75 Å². The Bertz CT molecular complexity index is 846. The molecule has 5 heteroatoms. The molecule has 148 valence electrons. The summed E-state index contributed by atoms with van der Waals surface area (Å²) in [7, 11) is 0. The summed E-state index contributed by atoms with van der Waals surface area (Å²) in [6, 6.07) is 12.8. The van der Waals surface area contributed by atoms with E-state index in [4.69, 9.17) is 9.47 Å². The van der Waals surface area contributed by atoms with Crippen molar-refractivity contribution in [3.05, 3.63) is 59.2 Å². The Morgan fingerprint density at radius 3 is 2.57 bits per heavy atom. The van der Waals surface area contributed by atoms with Crippen LogP contribution in [0.15, 0.2) is 42.5 Å². The minimum Gasteiger partial charge on any atom is -0.481 e. The molecular weight excluding hydrogens is 354 g/mol. The maximum atomic E-state index is 12.7. The first-order chi connectivity index (χ1) is 13.6. The smallest absolute Gasteiger partial charge is 0.338 e. The lowest BCUT2D eigenvalue weighted by Gasteiger charge is -2.20. The minimum atomic E-state index is -0.604. The summed E-state index contributed by atoms with van der Waals surface area (Å²) in [5.74, 6) is 0.0834. The summed E-state index contributed by atoms with van der Waals surface area (Å²) < 4.78 is 11.0. The Morgan fingerprint density at radius 2 is 1.82 bits per heavy atom. The first-order valence-corrected chi connectivity index (χ1v) is 9.97. The summed E-state index contributed by atoms with van der Waals surface area (Å²) in [5.41, 5.74) is 3.65. The van der Waals surface area contributed by atoms with E-state index in [2.05, 4.69) is 17.4 Å². The molecule has 2 aromatic carbocycles. The molecule has 1 N–H and O–H groups in total. The Balaban J connectivity index is 1.67. The van der Waals surface area contributed by atoms with Gasteiger partial charge in [0.25, 0.3) is 5.91 Å². The van der Waals surface area contributed by atoms with Crippen molar-refractivity contribution < 1.29 is 19.1 Å². The van der Waals surface area contributed by atoms with E-state index in [0.717, 1.165) is 18.6 Å². The lowest BCUT2D eigenvalue weighted by molar-refractivity contribution is -0.122. The molecule has 28 heavy (non-hydrogen) atoms. The van der Waals surface area contributed by atoms with Gasteiger partial charge in [-0.15, -0.1) is 0 Å². The average Bonchev–Trinajstić information content (AvgIpc) is 2.72. The number of ether oxygens (including phenoxy) is 2. The lowest BCUT2D eigenvalue weighted by Crippen LogP contribution is -2.32. The van der Waals surface area contributed by atoms with Crippen LogP contribution in [0, 0.1) is 0 Å². The van der Waals surface area contributed by atoms with Crippen LogP contribution >= 0.6 is 0 Å². The van der Waals surface area contributed by atoms with Gasteiger partial charge < -0.3 is 14.8 Å². The van der Waals surface area contributed by atoms with Gasteiger partial charge in [0.1, 0.15) is 5.75 Å². The topological polar surface area (TPSA) is 64.6 Å². The van der Waals surface area contributed by atoms with E-state index in [9.17, 15) is 9.59 Å². The quantitative estimate of drug-likeness (QED) is 0.715. The van der Waals surface area contributed by atoms with Crippen LogP contribution in [0.3, 0.4) is 0 Å². The van der Waals surface area contributed by atoms with Gasteiger partial charge in [0.2, 0.25) is 0 Å². The number of anilines is 1. The normalized spacial score (nSPS) is 13.9. The molecule has 0 heterocycles. The number of hydrogen-bond donors (Lipinski definition) is 1. The van der Waals surface area contributed by atoms with Crippen molar-refractivity contribution in [3.8, 4) is 5.75 Å². The van der Waals surface area contributed by atoms with Crippen LogP contribution in [-0.4, -0.2) is 24.6 Å². The molecule has 1 amide bonds. The standard InChI is InChI=1S/C23H27NO4/c1-3-21(28-20-13-12-16-8-5-6-9-17(16)15-20)22(25)24-19-11-7-10-18(14-19)23(26)27-4-2/h7,10-15,21H,3-6,8-9H2,1-2H3,(H,24,25)/t21-/m1/s1. The molecule has 0 aromatic heterocycles. The second-order valence-electron chi connectivity index (χ2n) is 6.94. The molecule has 3 rings (SSSR count). The Kier molecular flexibility index (Phi) is 6.69. The van der Waals surface area contributed by atoms with Crippen molar-refractivity contribution in [2.45, 2.75) is 52.1 Å². The Hall–Kier alpha value is -2.82. The predicted octanol–water partition coefficient (Wildman–Crippen LogP) is 4.54. The summed E-state index contributed by atoms with van der Waals surface area (Å²) in [4.78, 5) is 24.6. The van der Waals surface area contributed by atoms with E-state index in [-0.39, 0.29) is 5.91 Å². The molecule has 0 bridgehead atoms. The number of hydrogen-bond acceptors (Lipinski definition) is 4. The van der Waals surface area contributed by atoms with Crippen LogP contribution in [0.1, 0.15) is 54.6 Å². The van der Waals surface area contributed by atoms with Gasteiger partial charge in [-0.3, -0.25) is 4.79 Å². The summed E-state index contributed by atoms with van der Waals surface area (Å²) in [6.45, 7) is 3.98. The molecule has 0 radical (unpaired) electrons. The molecule has 1 aliphatic rings. The van der Waals surface area contributed by atoms with Gasteiger partial charge in [0.15, 0.2) is 6.10 Å². The molecule has 0 saturated carbocycles. The monoisotopic (exact) mass is 381 g/mol. The molecule has 5 nitrogen and oxygen atoms in total. The van der Waals surface area contributed by atoms with Crippen molar-refractivity contribution in [2.24, 2.45) is 0 Å². The zero-order chi connectivity index (χ0) is 19.9. The maximum Gasteiger partial charge on any atom is 0.338 e. The second kappa shape index (κ2) is 9.40. The molecule has 0 fully saturated rings. The second-order valence-corrected chi connectivity index (χ2v) is 6.94. The number of aryl methyl sites for hydroxylation is 2. The van der Waals surface area contributed by atoms with Gasteiger partial charge in [-0.05, 0) is 80.5 Å². The third kappa shape index (κ3) is 4.91. The predicted molar refractivity (Wildman–Crippen MR) is 109 cm³/mol. The van der Waals surface area contributed by atoms with Crippen molar-refractivity contribution in [1.82, 2.24) is 0 Å². The fourth-order valence-corrected chi connectivity index (χ4v) is 3.43. The van der Waals surface area contributed by atoms with Crippen LogP contribution in [0.25, 0.3) is 0 Å². The van der Waals surface area contributed by atoms with Gasteiger partial charge in [0.05, 0.1) is 12.2 Å². The van der Waals surface area contributed by atoms with Crippen molar-refractivity contribution >= 4 is 17.6 Å². The fourth-order valence-electron chi connectivity index (χ4n) is 3.43. The number of nitrogens with one attached hydrogen (secondary N) is 1. The van der Waals surface area contributed by atoms with E-state index in [0.29, 0.717) is 24.3 Å². The third-order valence-electron chi connectivity index (χ3n) is 4.90. The van der Waals surface area contributed by atoms with Crippen LogP contribution < -0.4 is 10.1 Å². The highest BCUT2D eigenvalue weighted by Gasteiger charge is 2.20. The Labute approximate surface area is 166 Å². The summed E-state index contributed by atoms with van der Waals surface area (Å²) in [6.07, 6.45) is 4.55. The maximum absolute atomic E-state index is 12.7. The number of carbonyl (C=O) groups excluding carboxylic acids is 2. The molecular formula is C23H27NO4. The van der Waals surface area contributed by atoms with E-state index in [1.54, 1.807) is 31.2 Å². The Morgan fingerprint density at radius 1 is 1.04 bits per heavy atom. The van der Waals surface area contributed by atoms with Crippen LogP contribution in [0.4, 0.5) is 5.69 Å². The number of amides is 1. The van der Waals surface area contributed by atoms with Gasteiger partial charge in [-0.25, -0.2) is 4.79 Å². The number of rotatable bonds is 7. The minimum absolute atomic E-state index is 0.235. The van der Waals surface area contributed by atoms with E-state index >= 15 is 0 Å². The van der Waals surface area contributed by atoms with E-state index in [1.807, 2.05) is 13.0 Å². The van der Waals surface area contributed by atoms with Crippen molar-refractivity contribution in [1.29, 1.82) is 0 Å². The first kappa shape index (κ1) is 19.9. The van der Waals surface area contributed by atoms with Gasteiger partial charge in [0, 0.05) is 5.69 Å². The highest BCUT2D eigenvalue weighted by Crippen LogP contribution is 2.26. The van der Waals surface area contributed by atoms with E-state index < -0.39 is 12.1 Å². The van der Waals surface area contributed by atoms with Gasteiger partial charge >= 0.3 is 5.97 Å². The van der Waals surface area contributed by atoms with Crippen molar-refractivity contribution in [3.63, 3.8) is 0 Å². The first-order valence-electron chi connectivity index (χ1n) is 9.97. The fraction of sp³-hybridized carbons (Fsp3) is 0.391. The summed E-state index contributed by atoms with van der Waals surface area (Å²) >= 11 is 0. The number of carbonyl (C=O) groups is 2. The molecule has 2 aromatic rings.